The van der Waals surface area contributed by atoms with Gasteiger partial charge < -0.3 is 14.2 Å². The van der Waals surface area contributed by atoms with Crippen molar-refractivity contribution < 1.29 is 23.9 Å². The minimum Gasteiger partial charge on any atom is -0.490 e. The lowest BCUT2D eigenvalue weighted by molar-refractivity contribution is -0.385. The van der Waals surface area contributed by atoms with Crippen LogP contribution in [0.15, 0.2) is 81.7 Å². The monoisotopic (exact) mass is 647 g/mol. The second kappa shape index (κ2) is 13.5. The van der Waals surface area contributed by atoms with Crippen LogP contribution in [0.5, 0.6) is 11.5 Å². The highest BCUT2D eigenvalue weighted by Gasteiger charge is 2.34. The van der Waals surface area contributed by atoms with Gasteiger partial charge in [-0.15, -0.1) is 0 Å². The van der Waals surface area contributed by atoms with Crippen molar-refractivity contribution in [2.45, 2.75) is 40.3 Å². The summed E-state index contributed by atoms with van der Waals surface area (Å²) in [4.78, 5) is 43.4. The Hall–Kier alpha value is -4.74. The van der Waals surface area contributed by atoms with E-state index >= 15 is 0 Å². The normalized spacial score (nSPS) is 14.5. The molecule has 0 saturated heterocycles. The van der Waals surface area contributed by atoms with Gasteiger partial charge in [0.15, 0.2) is 16.3 Å². The summed E-state index contributed by atoms with van der Waals surface area (Å²) in [6.07, 6.45) is 1.72. The van der Waals surface area contributed by atoms with Crippen molar-refractivity contribution in [2.24, 2.45) is 4.99 Å². The van der Waals surface area contributed by atoms with Gasteiger partial charge in [-0.25, -0.2) is 9.79 Å². The Morgan fingerprint density at radius 3 is 2.49 bits per heavy atom. The highest BCUT2D eigenvalue weighted by Crippen LogP contribution is 2.34. The van der Waals surface area contributed by atoms with Crippen LogP contribution in [0.2, 0.25) is 5.02 Å². The fourth-order valence-corrected chi connectivity index (χ4v) is 6.17. The number of carbonyl (C=O) groups is 1. The smallest absolute Gasteiger partial charge is 0.338 e. The Morgan fingerprint density at radius 1 is 1.04 bits per heavy atom. The number of aryl methyl sites for hydroxylation is 1. The zero-order chi connectivity index (χ0) is 32.2. The van der Waals surface area contributed by atoms with Crippen LogP contribution in [-0.2, 0) is 16.1 Å². The van der Waals surface area contributed by atoms with Crippen molar-refractivity contribution >= 4 is 40.7 Å². The number of ether oxygens (including phenoxy) is 3. The van der Waals surface area contributed by atoms with E-state index < -0.39 is 22.5 Å². The molecule has 2 heterocycles. The van der Waals surface area contributed by atoms with Gasteiger partial charge >= 0.3 is 5.97 Å². The van der Waals surface area contributed by atoms with Gasteiger partial charge in [-0.05, 0) is 74.7 Å². The zero-order valence-electron chi connectivity index (χ0n) is 25.0. The first kappa shape index (κ1) is 31.7. The molecule has 0 bridgehead atoms. The topological polar surface area (TPSA) is 122 Å². The highest BCUT2D eigenvalue weighted by molar-refractivity contribution is 7.07. The molecule has 0 spiro atoms. The predicted molar refractivity (Wildman–Crippen MR) is 172 cm³/mol. The first-order valence-corrected chi connectivity index (χ1v) is 15.4. The first-order chi connectivity index (χ1) is 21.6. The van der Waals surface area contributed by atoms with Crippen LogP contribution in [0.4, 0.5) is 5.69 Å². The quantitative estimate of drug-likeness (QED) is 0.124. The maximum atomic E-state index is 14.0. The molecule has 0 amide bonds. The number of halogens is 1. The number of hydrogen-bond donors (Lipinski definition) is 0. The molecule has 0 unspecified atom stereocenters. The lowest BCUT2D eigenvalue weighted by Crippen LogP contribution is -2.40. The average molecular weight is 648 g/mol. The summed E-state index contributed by atoms with van der Waals surface area (Å²) < 4.78 is 18.9. The predicted octanol–water partition coefficient (Wildman–Crippen LogP) is 5.65. The number of aromatic nitrogens is 1. The van der Waals surface area contributed by atoms with E-state index in [1.54, 1.807) is 63.2 Å². The summed E-state index contributed by atoms with van der Waals surface area (Å²) in [5, 5.41) is 12.4. The lowest BCUT2D eigenvalue weighted by atomic mass is 9.94. The summed E-state index contributed by atoms with van der Waals surface area (Å²) in [5.41, 5.74) is 2.49. The number of hydrogen-bond acceptors (Lipinski definition) is 9. The SMILES string of the molecule is CCOC(=O)C1=C(C)N=c2s/c(=C/c3ccc(OCc4ccc(Cl)cc4)c(OCC)c3)c(=O)n2[C@H]1c1ccc(C)c([N+](=O)[O-])c1. The number of nitrogens with zero attached hydrogens (tertiary/aromatic N) is 3. The Balaban J connectivity index is 1.58. The van der Waals surface area contributed by atoms with Crippen LogP contribution in [0, 0.1) is 17.0 Å². The number of rotatable bonds is 10. The fraction of sp³-hybridized carbons (Fsp3) is 0.242. The minimum atomic E-state index is -0.968. The largest absolute Gasteiger partial charge is 0.490 e. The van der Waals surface area contributed by atoms with Crippen LogP contribution in [0.25, 0.3) is 6.08 Å². The number of fused-ring (bicyclic) bond motifs is 1. The van der Waals surface area contributed by atoms with Gasteiger partial charge in [0.1, 0.15) is 6.61 Å². The third-order valence-corrected chi connectivity index (χ3v) is 8.37. The minimum absolute atomic E-state index is 0.113. The number of thiazole rings is 1. The molecule has 0 N–H and O–H groups in total. The highest BCUT2D eigenvalue weighted by atomic mass is 35.5. The number of benzene rings is 3. The Morgan fingerprint density at radius 2 is 1.80 bits per heavy atom. The molecule has 10 nitrogen and oxygen atoms in total. The van der Waals surface area contributed by atoms with Gasteiger partial charge in [-0.3, -0.25) is 19.5 Å². The molecule has 0 radical (unpaired) electrons. The molecule has 1 atom stereocenters. The van der Waals surface area contributed by atoms with E-state index in [1.165, 1.54) is 10.6 Å². The molecule has 232 valence electrons. The van der Waals surface area contributed by atoms with Crippen molar-refractivity contribution in [3.05, 3.63) is 129 Å². The van der Waals surface area contributed by atoms with Gasteiger partial charge in [0.25, 0.3) is 11.2 Å². The summed E-state index contributed by atoms with van der Waals surface area (Å²) in [6, 6.07) is 16.4. The van der Waals surface area contributed by atoms with E-state index in [0.29, 0.717) is 61.5 Å². The number of esters is 1. The van der Waals surface area contributed by atoms with Gasteiger partial charge in [0, 0.05) is 16.7 Å². The Labute approximate surface area is 267 Å². The van der Waals surface area contributed by atoms with Gasteiger partial charge in [0.05, 0.1) is 40.0 Å². The van der Waals surface area contributed by atoms with Crippen LogP contribution in [0.3, 0.4) is 0 Å². The number of carbonyl (C=O) groups excluding carboxylic acids is 1. The molecule has 0 fully saturated rings. The molecular weight excluding hydrogens is 618 g/mol. The molecule has 3 aromatic carbocycles. The molecule has 1 aliphatic heterocycles. The molecular formula is C33H30ClN3O7S. The number of nitro benzene ring substituents is 1. The van der Waals surface area contributed by atoms with Crippen LogP contribution in [0.1, 0.15) is 49.1 Å². The fourth-order valence-electron chi connectivity index (χ4n) is 5.00. The van der Waals surface area contributed by atoms with Crippen molar-refractivity contribution in [3.8, 4) is 11.5 Å². The second-order valence-electron chi connectivity index (χ2n) is 10.2. The molecule has 5 rings (SSSR count). The zero-order valence-corrected chi connectivity index (χ0v) is 26.6. The summed E-state index contributed by atoms with van der Waals surface area (Å²) in [6.45, 7) is 7.67. The molecule has 0 saturated carbocycles. The van der Waals surface area contributed by atoms with Gasteiger partial charge in [-0.2, -0.15) is 0 Å². The first-order valence-electron chi connectivity index (χ1n) is 14.2. The van der Waals surface area contributed by atoms with E-state index in [4.69, 9.17) is 25.8 Å². The molecule has 1 aromatic heterocycles. The average Bonchev–Trinajstić information content (AvgIpc) is 3.31. The van der Waals surface area contributed by atoms with Crippen molar-refractivity contribution in [1.82, 2.24) is 4.57 Å². The lowest BCUT2D eigenvalue weighted by Gasteiger charge is -2.24. The van der Waals surface area contributed by atoms with E-state index in [0.717, 1.165) is 16.9 Å². The maximum absolute atomic E-state index is 14.0. The third-order valence-electron chi connectivity index (χ3n) is 7.14. The van der Waals surface area contributed by atoms with E-state index in [9.17, 15) is 19.7 Å². The van der Waals surface area contributed by atoms with E-state index in [-0.39, 0.29) is 17.9 Å². The molecule has 4 aromatic rings. The molecule has 0 aliphatic carbocycles. The summed E-state index contributed by atoms with van der Waals surface area (Å²) >= 11 is 7.14. The molecule has 12 heteroatoms. The Bertz CT molecular complexity index is 2000. The Kier molecular flexibility index (Phi) is 9.50. The van der Waals surface area contributed by atoms with Crippen molar-refractivity contribution in [1.29, 1.82) is 0 Å². The van der Waals surface area contributed by atoms with Crippen LogP contribution >= 0.6 is 22.9 Å². The van der Waals surface area contributed by atoms with E-state index in [2.05, 4.69) is 4.99 Å². The van der Waals surface area contributed by atoms with Crippen LogP contribution < -0.4 is 24.4 Å². The second-order valence-corrected chi connectivity index (χ2v) is 11.6. The number of allylic oxidation sites excluding steroid dienone is 1. The molecule has 45 heavy (non-hydrogen) atoms. The van der Waals surface area contributed by atoms with Gasteiger partial charge in [-0.1, -0.05) is 53.3 Å². The van der Waals surface area contributed by atoms with Crippen LogP contribution in [-0.4, -0.2) is 28.7 Å². The maximum Gasteiger partial charge on any atom is 0.338 e. The number of nitro groups is 1. The van der Waals surface area contributed by atoms with Crippen molar-refractivity contribution in [3.63, 3.8) is 0 Å². The van der Waals surface area contributed by atoms with Crippen molar-refractivity contribution in [2.75, 3.05) is 13.2 Å². The summed E-state index contributed by atoms with van der Waals surface area (Å²) in [7, 11) is 0. The third kappa shape index (κ3) is 6.69. The summed E-state index contributed by atoms with van der Waals surface area (Å²) in [5.74, 6) is 0.413. The standard InChI is InChI=1S/C33H30ClN3O7S/c1-5-42-27-15-22(10-14-26(27)44-18-21-8-12-24(34)13-9-21)16-28-31(38)36-30(23-11-7-19(3)25(17-23)37(40)41)29(32(39)43-6-2)20(4)35-33(36)45-28/h7-17,30H,5-6,18H2,1-4H3/b28-16+/t30-/m0/s1. The van der Waals surface area contributed by atoms with E-state index in [1.807, 2.05) is 25.1 Å². The van der Waals surface area contributed by atoms with Gasteiger partial charge in [0.2, 0.25) is 0 Å². The molecule has 1 aliphatic rings.